The lowest BCUT2D eigenvalue weighted by atomic mass is 9.82. The van der Waals surface area contributed by atoms with Crippen molar-refractivity contribution < 1.29 is 14.7 Å². The number of carbonyl (C=O) groups is 1. The summed E-state index contributed by atoms with van der Waals surface area (Å²) >= 11 is 0. The Balaban J connectivity index is 2.56. The second-order valence-corrected chi connectivity index (χ2v) is 3.30. The third-order valence-corrected chi connectivity index (χ3v) is 2.37. The maximum absolute atomic E-state index is 10.7. The topological polar surface area (TPSA) is 84.9 Å². The third kappa shape index (κ3) is 2.18. The van der Waals surface area contributed by atoms with Gasteiger partial charge in [0, 0.05) is 0 Å². The van der Waals surface area contributed by atoms with Gasteiger partial charge < -0.3 is 15.7 Å². The third-order valence-electron chi connectivity index (χ3n) is 2.37. The fourth-order valence-corrected chi connectivity index (χ4v) is 1.42. The van der Waals surface area contributed by atoms with Gasteiger partial charge in [0.2, 0.25) is 0 Å². The molecule has 0 saturated heterocycles. The molecule has 1 rings (SSSR count). The molecule has 0 aromatic heterocycles. The van der Waals surface area contributed by atoms with E-state index in [2.05, 4.69) is 9.99 Å². The predicted molar refractivity (Wildman–Crippen MR) is 47.5 cm³/mol. The summed E-state index contributed by atoms with van der Waals surface area (Å²) in [4.78, 5) is 15.4. The first-order valence-electron chi connectivity index (χ1n) is 4.20. The molecule has 0 aromatic carbocycles. The van der Waals surface area contributed by atoms with Gasteiger partial charge in [-0.25, -0.2) is 0 Å². The minimum atomic E-state index is -1.06. The summed E-state index contributed by atoms with van der Waals surface area (Å²) in [6, 6.07) is 0. The summed E-state index contributed by atoms with van der Waals surface area (Å²) in [5.74, 6) is -0.927. The summed E-state index contributed by atoms with van der Waals surface area (Å²) in [6.07, 6.45) is 2.09. The van der Waals surface area contributed by atoms with E-state index in [-0.39, 0.29) is 0 Å². The molecule has 0 amide bonds. The first-order valence-corrected chi connectivity index (χ1v) is 4.20. The van der Waals surface area contributed by atoms with Crippen LogP contribution < -0.4 is 5.73 Å². The van der Waals surface area contributed by atoms with Crippen LogP contribution >= 0.6 is 0 Å². The largest absolute Gasteiger partial charge is 0.480 e. The van der Waals surface area contributed by atoms with Gasteiger partial charge in [-0.2, -0.15) is 0 Å². The molecule has 1 saturated carbocycles. The number of hydrogen-bond acceptors (Lipinski definition) is 4. The van der Waals surface area contributed by atoms with Crippen molar-refractivity contribution in [1.29, 1.82) is 0 Å². The number of rotatable bonds is 2. The molecule has 5 nitrogen and oxygen atoms in total. The van der Waals surface area contributed by atoms with Crippen LogP contribution in [0.5, 0.6) is 0 Å². The second kappa shape index (κ2) is 3.74. The first kappa shape index (κ1) is 9.98. The normalized spacial score (nSPS) is 28.3. The highest BCUT2D eigenvalue weighted by Crippen LogP contribution is 2.24. The van der Waals surface area contributed by atoms with Crippen LogP contribution in [0.15, 0.2) is 5.16 Å². The smallest absolute Gasteiger partial charge is 0.323 e. The fourth-order valence-electron chi connectivity index (χ4n) is 1.42. The molecular formula is C8H14N2O3. The summed E-state index contributed by atoms with van der Waals surface area (Å²) in [5.41, 5.74) is 5.50. The fraction of sp³-hybridized carbons (Fsp3) is 0.750. The van der Waals surface area contributed by atoms with Crippen molar-refractivity contribution in [2.24, 2.45) is 10.9 Å². The maximum Gasteiger partial charge on any atom is 0.323 e. The number of nitrogens with two attached hydrogens (primary N) is 1. The molecule has 1 aliphatic carbocycles. The van der Waals surface area contributed by atoms with E-state index in [9.17, 15) is 4.79 Å². The average molecular weight is 186 g/mol. The number of oxime groups is 1. The monoisotopic (exact) mass is 186 g/mol. The molecule has 1 fully saturated rings. The number of carboxylic acids is 1. The highest BCUT2D eigenvalue weighted by atomic mass is 16.6. The van der Waals surface area contributed by atoms with E-state index < -0.39 is 11.5 Å². The Kier molecular flexibility index (Phi) is 2.87. The van der Waals surface area contributed by atoms with E-state index in [0.717, 1.165) is 5.71 Å². The zero-order chi connectivity index (χ0) is 9.90. The molecule has 3 N–H and O–H groups in total. The Morgan fingerprint density at radius 2 is 2.15 bits per heavy atom. The van der Waals surface area contributed by atoms with Crippen LogP contribution in [0.25, 0.3) is 0 Å². The lowest BCUT2D eigenvalue weighted by Crippen LogP contribution is -2.50. The van der Waals surface area contributed by atoms with Gasteiger partial charge in [-0.1, -0.05) is 5.16 Å². The van der Waals surface area contributed by atoms with Crippen LogP contribution in [0.1, 0.15) is 25.7 Å². The van der Waals surface area contributed by atoms with E-state index in [4.69, 9.17) is 10.8 Å². The molecule has 0 bridgehead atoms. The van der Waals surface area contributed by atoms with Gasteiger partial charge in [0.05, 0.1) is 5.71 Å². The Bertz CT molecular complexity index is 228. The van der Waals surface area contributed by atoms with Gasteiger partial charge in [0.25, 0.3) is 0 Å². The van der Waals surface area contributed by atoms with Crippen molar-refractivity contribution in [2.45, 2.75) is 31.2 Å². The van der Waals surface area contributed by atoms with E-state index in [1.165, 1.54) is 7.11 Å². The van der Waals surface area contributed by atoms with E-state index >= 15 is 0 Å². The van der Waals surface area contributed by atoms with Gasteiger partial charge in [-0.3, -0.25) is 4.79 Å². The van der Waals surface area contributed by atoms with Gasteiger partial charge in [0.15, 0.2) is 0 Å². The molecule has 0 aromatic rings. The summed E-state index contributed by atoms with van der Waals surface area (Å²) < 4.78 is 0. The van der Waals surface area contributed by atoms with Crippen LogP contribution in [0, 0.1) is 0 Å². The van der Waals surface area contributed by atoms with Crippen LogP contribution in [0.2, 0.25) is 0 Å². The molecule has 0 radical (unpaired) electrons. The molecular weight excluding hydrogens is 172 g/mol. The molecule has 0 unspecified atom stereocenters. The quantitative estimate of drug-likeness (QED) is 0.609. The lowest BCUT2D eigenvalue weighted by Gasteiger charge is -2.29. The summed E-state index contributed by atoms with van der Waals surface area (Å²) in [7, 11) is 1.48. The molecule has 1 aliphatic rings. The van der Waals surface area contributed by atoms with Crippen molar-refractivity contribution in [3.63, 3.8) is 0 Å². The zero-order valence-corrected chi connectivity index (χ0v) is 7.62. The predicted octanol–water partition coefficient (Wildman–Crippen LogP) is 0.345. The Hall–Kier alpha value is -1.10. The minimum absolute atomic E-state index is 0.435. The van der Waals surface area contributed by atoms with Gasteiger partial charge in [0.1, 0.15) is 12.6 Å². The van der Waals surface area contributed by atoms with Crippen LogP contribution in [0.4, 0.5) is 0 Å². The SMILES string of the molecule is CON=C1CCC(N)(C(=O)O)CC1. The standard InChI is InChI=1S/C8H14N2O3/c1-13-10-6-2-4-8(9,5-3-6)7(11)12/h2-5,9H2,1H3,(H,11,12). The Morgan fingerprint density at radius 3 is 2.54 bits per heavy atom. The van der Waals surface area contributed by atoms with E-state index in [1.54, 1.807) is 0 Å². The summed E-state index contributed by atoms with van der Waals surface area (Å²) in [6.45, 7) is 0. The molecule has 0 aliphatic heterocycles. The highest BCUT2D eigenvalue weighted by molar-refractivity contribution is 5.88. The maximum atomic E-state index is 10.7. The van der Waals surface area contributed by atoms with Crippen molar-refractivity contribution >= 4 is 11.7 Å². The minimum Gasteiger partial charge on any atom is -0.480 e. The Labute approximate surface area is 76.5 Å². The van der Waals surface area contributed by atoms with Crippen LogP contribution in [0.3, 0.4) is 0 Å². The van der Waals surface area contributed by atoms with Gasteiger partial charge in [-0.15, -0.1) is 0 Å². The van der Waals surface area contributed by atoms with E-state index in [1.807, 2.05) is 0 Å². The Morgan fingerprint density at radius 1 is 1.62 bits per heavy atom. The molecule has 5 heteroatoms. The van der Waals surface area contributed by atoms with Crippen molar-refractivity contribution in [2.75, 3.05) is 7.11 Å². The van der Waals surface area contributed by atoms with Crippen LogP contribution in [-0.4, -0.2) is 29.4 Å². The second-order valence-electron chi connectivity index (χ2n) is 3.30. The van der Waals surface area contributed by atoms with E-state index in [0.29, 0.717) is 25.7 Å². The summed E-state index contributed by atoms with van der Waals surface area (Å²) in [5, 5.41) is 12.6. The molecule has 0 atom stereocenters. The highest BCUT2D eigenvalue weighted by Gasteiger charge is 2.37. The van der Waals surface area contributed by atoms with Crippen molar-refractivity contribution in [3.8, 4) is 0 Å². The first-order chi connectivity index (χ1) is 6.08. The molecule has 74 valence electrons. The van der Waals surface area contributed by atoms with Crippen LogP contribution in [-0.2, 0) is 9.63 Å². The molecule has 0 spiro atoms. The van der Waals surface area contributed by atoms with Gasteiger partial charge >= 0.3 is 5.97 Å². The zero-order valence-electron chi connectivity index (χ0n) is 7.62. The molecule has 13 heavy (non-hydrogen) atoms. The van der Waals surface area contributed by atoms with Crippen molar-refractivity contribution in [1.82, 2.24) is 0 Å². The number of aliphatic carboxylic acids is 1. The van der Waals surface area contributed by atoms with Crippen molar-refractivity contribution in [3.05, 3.63) is 0 Å². The number of carboxylic acid groups (broad SMARTS) is 1. The van der Waals surface area contributed by atoms with Gasteiger partial charge in [-0.05, 0) is 25.7 Å². The lowest BCUT2D eigenvalue weighted by molar-refractivity contribution is -0.144. The number of hydrogen-bond donors (Lipinski definition) is 2. The number of nitrogens with zero attached hydrogens (tertiary/aromatic N) is 1. The average Bonchev–Trinajstić information content (AvgIpc) is 2.09. The molecule has 0 heterocycles.